The summed E-state index contributed by atoms with van der Waals surface area (Å²) in [6, 6.07) is 9.98. The van der Waals surface area contributed by atoms with E-state index in [4.69, 9.17) is 14.5 Å². The number of aromatic nitrogens is 4. The molecule has 1 saturated carbocycles. The van der Waals surface area contributed by atoms with Gasteiger partial charge >= 0.3 is 0 Å². The van der Waals surface area contributed by atoms with E-state index in [0.29, 0.717) is 30.4 Å². The van der Waals surface area contributed by atoms with Gasteiger partial charge in [0.2, 0.25) is 0 Å². The molecule has 2 fully saturated rings. The minimum absolute atomic E-state index is 0.00854. The Morgan fingerprint density at radius 1 is 1.26 bits per heavy atom. The van der Waals surface area contributed by atoms with Crippen LogP contribution in [0.2, 0.25) is 0 Å². The molecule has 9 heteroatoms. The molecule has 0 bridgehead atoms. The third-order valence-electron chi connectivity index (χ3n) is 8.06. The van der Waals surface area contributed by atoms with Crippen molar-refractivity contribution in [2.24, 2.45) is 13.0 Å². The van der Waals surface area contributed by atoms with Crippen LogP contribution in [-0.4, -0.2) is 75.9 Å². The monoisotopic (exact) mass is 516 g/mol. The number of amides is 1. The fourth-order valence-corrected chi connectivity index (χ4v) is 5.74. The van der Waals surface area contributed by atoms with Crippen LogP contribution < -0.4 is 10.1 Å². The smallest absolute Gasteiger partial charge is 0.254 e. The summed E-state index contributed by atoms with van der Waals surface area (Å²) < 4.78 is 16.2. The Labute approximate surface area is 222 Å². The number of hydrogen-bond acceptors (Lipinski definition) is 6. The molecule has 0 unspecified atom stereocenters. The lowest BCUT2D eigenvalue weighted by atomic mass is 10.0. The molecule has 1 N–H and O–H groups in total. The molecule has 1 aliphatic heterocycles. The number of rotatable bonds is 8. The minimum atomic E-state index is -0.0188. The first-order valence-corrected chi connectivity index (χ1v) is 13.6. The maximum absolute atomic E-state index is 13.8. The lowest BCUT2D eigenvalue weighted by Crippen LogP contribution is -2.52. The van der Waals surface area contributed by atoms with E-state index < -0.39 is 0 Å². The Morgan fingerprint density at radius 3 is 2.87 bits per heavy atom. The van der Waals surface area contributed by atoms with Crippen molar-refractivity contribution >= 4 is 28.0 Å². The van der Waals surface area contributed by atoms with Crippen LogP contribution in [0.1, 0.15) is 36.5 Å². The molecule has 2 atom stereocenters. The molecular formula is C29H36N6O3. The molecule has 1 amide bonds. The van der Waals surface area contributed by atoms with Crippen LogP contribution in [0, 0.1) is 5.92 Å². The molecular weight excluding hydrogens is 480 g/mol. The van der Waals surface area contributed by atoms with Gasteiger partial charge in [-0.15, -0.1) is 0 Å². The number of carbonyl (C=O) groups excluding carboxylic acids is 1. The van der Waals surface area contributed by atoms with Crippen LogP contribution in [0.15, 0.2) is 36.5 Å². The average molecular weight is 517 g/mol. The number of benzene rings is 1. The predicted molar refractivity (Wildman–Crippen MR) is 147 cm³/mol. The Balaban J connectivity index is 1.40. The van der Waals surface area contributed by atoms with Crippen molar-refractivity contribution < 1.29 is 14.3 Å². The summed E-state index contributed by atoms with van der Waals surface area (Å²) in [7, 11) is 5.59. The van der Waals surface area contributed by atoms with Crippen LogP contribution in [0.25, 0.3) is 33.6 Å². The van der Waals surface area contributed by atoms with Crippen molar-refractivity contribution in [3.05, 3.63) is 42.1 Å². The van der Waals surface area contributed by atoms with Gasteiger partial charge in [0.1, 0.15) is 16.9 Å². The molecule has 0 radical (unpaired) electrons. The third-order valence-corrected chi connectivity index (χ3v) is 8.06. The van der Waals surface area contributed by atoms with Gasteiger partial charge in [-0.2, -0.15) is 0 Å². The SMILES string of the molecule is CNCC[C@H]1OCCN(C(=O)c2cc(OC)c3c(c2)nc(-c2cc4cccnc4n2CC2CC2)n3C)[C@H]1C. The molecule has 9 nitrogen and oxygen atoms in total. The van der Waals surface area contributed by atoms with Gasteiger partial charge in [0.05, 0.1) is 37.1 Å². The van der Waals surface area contributed by atoms with Crippen LogP contribution >= 0.6 is 0 Å². The first kappa shape index (κ1) is 24.9. The highest BCUT2D eigenvalue weighted by molar-refractivity contribution is 6.00. The summed E-state index contributed by atoms with van der Waals surface area (Å²) in [5, 5.41) is 4.28. The van der Waals surface area contributed by atoms with Crippen LogP contribution in [-0.2, 0) is 18.3 Å². The van der Waals surface area contributed by atoms with Gasteiger partial charge in [-0.05, 0) is 76.0 Å². The van der Waals surface area contributed by atoms with Crippen molar-refractivity contribution in [3.63, 3.8) is 0 Å². The average Bonchev–Trinajstić information content (AvgIpc) is 3.60. The zero-order chi connectivity index (χ0) is 26.4. The largest absolute Gasteiger partial charge is 0.494 e. The molecule has 0 spiro atoms. The van der Waals surface area contributed by atoms with E-state index in [1.807, 2.05) is 43.4 Å². The number of imidazole rings is 1. The van der Waals surface area contributed by atoms with Crippen LogP contribution in [0.3, 0.4) is 0 Å². The van der Waals surface area contributed by atoms with Crippen molar-refractivity contribution in [2.45, 2.75) is 44.9 Å². The van der Waals surface area contributed by atoms with E-state index in [-0.39, 0.29) is 18.1 Å². The first-order chi connectivity index (χ1) is 18.5. The number of nitrogens with one attached hydrogen (secondary N) is 1. The Bertz CT molecular complexity index is 1490. The van der Waals surface area contributed by atoms with Gasteiger partial charge in [-0.25, -0.2) is 9.97 Å². The number of hydrogen-bond donors (Lipinski definition) is 1. The second-order valence-electron chi connectivity index (χ2n) is 10.6. The molecule has 4 heterocycles. The zero-order valence-electron chi connectivity index (χ0n) is 22.6. The number of methoxy groups -OCH3 is 1. The number of morpholine rings is 1. The molecule has 1 saturated heterocycles. The second-order valence-corrected chi connectivity index (χ2v) is 10.6. The Hall–Kier alpha value is -3.43. The number of aryl methyl sites for hydroxylation is 1. The summed E-state index contributed by atoms with van der Waals surface area (Å²) >= 11 is 0. The highest BCUT2D eigenvalue weighted by Gasteiger charge is 2.33. The lowest BCUT2D eigenvalue weighted by Gasteiger charge is -2.39. The number of fused-ring (bicyclic) bond motifs is 2. The van der Waals surface area contributed by atoms with Gasteiger partial charge in [0.25, 0.3) is 5.91 Å². The second kappa shape index (κ2) is 10.0. The quantitative estimate of drug-likeness (QED) is 0.383. The van der Waals surface area contributed by atoms with Gasteiger partial charge < -0.3 is 28.8 Å². The van der Waals surface area contributed by atoms with E-state index in [1.54, 1.807) is 7.11 Å². The van der Waals surface area contributed by atoms with Gasteiger partial charge in [0.15, 0.2) is 5.82 Å². The fraction of sp³-hybridized carbons (Fsp3) is 0.483. The molecule has 1 aromatic carbocycles. The van der Waals surface area contributed by atoms with Crippen molar-refractivity contribution in [2.75, 3.05) is 33.9 Å². The van der Waals surface area contributed by atoms with E-state index in [1.165, 1.54) is 12.8 Å². The van der Waals surface area contributed by atoms with Crippen LogP contribution in [0.5, 0.6) is 5.75 Å². The molecule has 3 aromatic heterocycles. The van der Waals surface area contributed by atoms with Gasteiger partial charge in [0, 0.05) is 37.3 Å². The number of nitrogens with zero attached hydrogens (tertiary/aromatic N) is 5. The highest BCUT2D eigenvalue weighted by atomic mass is 16.5. The van der Waals surface area contributed by atoms with Crippen LogP contribution in [0.4, 0.5) is 0 Å². The molecule has 2 aliphatic rings. The van der Waals surface area contributed by atoms with Gasteiger partial charge in [-0.1, -0.05) is 0 Å². The van der Waals surface area contributed by atoms with E-state index in [2.05, 4.69) is 38.5 Å². The topological polar surface area (TPSA) is 86.4 Å². The van der Waals surface area contributed by atoms with E-state index >= 15 is 0 Å². The third kappa shape index (κ3) is 4.33. The summed E-state index contributed by atoms with van der Waals surface area (Å²) in [6.45, 7) is 4.96. The number of carbonyl (C=O) groups is 1. The molecule has 200 valence electrons. The Kier molecular flexibility index (Phi) is 6.57. The zero-order valence-corrected chi connectivity index (χ0v) is 22.6. The minimum Gasteiger partial charge on any atom is -0.494 e. The standard InChI is InChI=1S/C29H36N6O3/c1-18-24(9-11-30-2)38-13-12-34(18)29(36)21-14-22-26(25(16-21)37-4)33(3)28(32-22)23-15-20-6-5-10-31-27(20)35(23)17-19-7-8-19/h5-6,10,14-16,18-19,24,30H,7-9,11-13,17H2,1-4H3/t18-,24+/m0/s1. The number of pyridine rings is 1. The normalized spacial score (nSPS) is 19.9. The summed E-state index contributed by atoms with van der Waals surface area (Å²) in [4.78, 5) is 25.4. The highest BCUT2D eigenvalue weighted by Crippen LogP contribution is 2.37. The van der Waals surface area contributed by atoms with E-state index in [9.17, 15) is 4.79 Å². The number of ether oxygens (including phenoxy) is 2. The maximum atomic E-state index is 13.8. The molecule has 1 aliphatic carbocycles. The fourth-order valence-electron chi connectivity index (χ4n) is 5.74. The lowest BCUT2D eigenvalue weighted by molar-refractivity contribution is -0.0559. The van der Waals surface area contributed by atoms with Crippen molar-refractivity contribution in [1.29, 1.82) is 0 Å². The summed E-state index contributed by atoms with van der Waals surface area (Å²) in [5.41, 5.74) is 4.22. The Morgan fingerprint density at radius 2 is 2.11 bits per heavy atom. The predicted octanol–water partition coefficient (Wildman–Crippen LogP) is 3.85. The first-order valence-electron chi connectivity index (χ1n) is 13.6. The summed E-state index contributed by atoms with van der Waals surface area (Å²) in [6.07, 6.45) is 5.22. The van der Waals surface area contributed by atoms with E-state index in [0.717, 1.165) is 53.1 Å². The summed E-state index contributed by atoms with van der Waals surface area (Å²) in [5.74, 6) is 2.15. The van der Waals surface area contributed by atoms with Crippen molar-refractivity contribution in [3.8, 4) is 17.3 Å². The maximum Gasteiger partial charge on any atom is 0.254 e. The van der Waals surface area contributed by atoms with Gasteiger partial charge in [-0.3, -0.25) is 4.79 Å². The molecule has 4 aromatic rings. The molecule has 6 rings (SSSR count). The van der Waals surface area contributed by atoms with Crippen molar-refractivity contribution in [1.82, 2.24) is 29.3 Å². The molecule has 38 heavy (non-hydrogen) atoms.